The molecule has 3 rings (SSSR count). The normalized spacial score (nSPS) is 14.1. The van der Waals surface area contributed by atoms with E-state index in [1.54, 1.807) is 30.3 Å². The fraction of sp³-hybridized carbons (Fsp3) is 0.300. The largest absolute Gasteiger partial charge is 0.494 e. The number of rotatable bonds is 6. The molecule has 1 aliphatic rings. The van der Waals surface area contributed by atoms with Crippen LogP contribution in [0.15, 0.2) is 44.8 Å². The number of anilines is 2. The SMILES string of the molecule is CCOc1cccc(NC(=O)/C(C#N)=C\c2cc(Br)c(N3CCCC3)o2)c1. The average molecular weight is 430 g/mol. The summed E-state index contributed by atoms with van der Waals surface area (Å²) in [6, 6.07) is 10.7. The van der Waals surface area contributed by atoms with Crippen LogP contribution in [-0.4, -0.2) is 25.6 Å². The second-order valence-corrected chi connectivity index (χ2v) is 6.94. The highest BCUT2D eigenvalue weighted by Gasteiger charge is 2.20. The van der Waals surface area contributed by atoms with Gasteiger partial charge in [-0.05, 0) is 47.8 Å². The number of nitriles is 1. The maximum Gasteiger partial charge on any atom is 0.266 e. The van der Waals surface area contributed by atoms with E-state index in [9.17, 15) is 10.1 Å². The first-order chi connectivity index (χ1) is 13.1. The Morgan fingerprint density at radius 1 is 1.41 bits per heavy atom. The molecular formula is C20H20BrN3O3. The van der Waals surface area contributed by atoms with Crippen LogP contribution in [0.25, 0.3) is 6.08 Å². The molecule has 1 fully saturated rings. The van der Waals surface area contributed by atoms with Gasteiger partial charge in [0.1, 0.15) is 23.2 Å². The maximum atomic E-state index is 12.5. The molecule has 0 radical (unpaired) electrons. The topological polar surface area (TPSA) is 78.5 Å². The van der Waals surface area contributed by atoms with Crippen LogP contribution in [-0.2, 0) is 4.79 Å². The van der Waals surface area contributed by atoms with E-state index in [0.29, 0.717) is 23.8 Å². The quantitative estimate of drug-likeness (QED) is 0.536. The number of amides is 1. The third kappa shape index (κ3) is 4.72. The first kappa shape index (κ1) is 19.1. The first-order valence-electron chi connectivity index (χ1n) is 8.81. The second-order valence-electron chi connectivity index (χ2n) is 6.08. The fourth-order valence-electron chi connectivity index (χ4n) is 2.90. The number of carbonyl (C=O) groups excluding carboxylic acids is 1. The molecule has 1 aromatic carbocycles. The molecular weight excluding hydrogens is 410 g/mol. The van der Waals surface area contributed by atoms with Gasteiger partial charge in [0.15, 0.2) is 0 Å². The van der Waals surface area contributed by atoms with E-state index < -0.39 is 5.91 Å². The zero-order chi connectivity index (χ0) is 19.2. The average Bonchev–Trinajstić information content (AvgIpc) is 3.29. The third-order valence-electron chi connectivity index (χ3n) is 4.14. The zero-order valence-corrected chi connectivity index (χ0v) is 16.6. The molecule has 140 valence electrons. The van der Waals surface area contributed by atoms with Crippen LogP contribution in [0.3, 0.4) is 0 Å². The van der Waals surface area contributed by atoms with Crippen molar-refractivity contribution in [3.8, 4) is 11.8 Å². The molecule has 0 spiro atoms. The van der Waals surface area contributed by atoms with Crippen molar-refractivity contribution in [3.05, 3.63) is 46.1 Å². The number of benzene rings is 1. The Morgan fingerprint density at radius 2 is 2.19 bits per heavy atom. The van der Waals surface area contributed by atoms with E-state index in [-0.39, 0.29) is 5.57 Å². The highest BCUT2D eigenvalue weighted by molar-refractivity contribution is 9.10. The van der Waals surface area contributed by atoms with Crippen LogP contribution >= 0.6 is 15.9 Å². The summed E-state index contributed by atoms with van der Waals surface area (Å²) in [5.41, 5.74) is 0.525. The van der Waals surface area contributed by atoms with Crippen LogP contribution in [0.2, 0.25) is 0 Å². The zero-order valence-electron chi connectivity index (χ0n) is 15.0. The van der Waals surface area contributed by atoms with Crippen molar-refractivity contribution in [1.82, 2.24) is 0 Å². The fourth-order valence-corrected chi connectivity index (χ4v) is 3.46. The summed E-state index contributed by atoms with van der Waals surface area (Å²) in [6.07, 6.45) is 3.71. The summed E-state index contributed by atoms with van der Waals surface area (Å²) in [6.45, 7) is 4.31. The molecule has 0 atom stereocenters. The highest BCUT2D eigenvalue weighted by Crippen LogP contribution is 2.33. The van der Waals surface area contributed by atoms with Gasteiger partial charge in [0.05, 0.1) is 11.1 Å². The Hall–Kier alpha value is -2.72. The van der Waals surface area contributed by atoms with Gasteiger partial charge in [-0.1, -0.05) is 6.07 Å². The predicted molar refractivity (Wildman–Crippen MR) is 108 cm³/mol. The Kier molecular flexibility index (Phi) is 6.20. The van der Waals surface area contributed by atoms with Crippen molar-refractivity contribution < 1.29 is 13.9 Å². The summed E-state index contributed by atoms with van der Waals surface area (Å²) in [5, 5.41) is 12.1. The lowest BCUT2D eigenvalue weighted by Crippen LogP contribution is -2.17. The van der Waals surface area contributed by atoms with Crippen LogP contribution in [0.1, 0.15) is 25.5 Å². The summed E-state index contributed by atoms with van der Waals surface area (Å²) in [7, 11) is 0. The standard InChI is InChI=1S/C20H20BrN3O3/c1-2-26-16-7-5-6-15(11-16)23-19(25)14(13-22)10-17-12-18(21)20(27-17)24-8-3-4-9-24/h5-7,10-12H,2-4,8-9H2,1H3,(H,23,25)/b14-10-. The molecule has 1 N–H and O–H groups in total. The Bertz CT molecular complexity index is 892. The second kappa shape index (κ2) is 8.78. The van der Waals surface area contributed by atoms with Crippen LogP contribution in [0.4, 0.5) is 11.6 Å². The highest BCUT2D eigenvalue weighted by atomic mass is 79.9. The number of ether oxygens (including phenoxy) is 1. The van der Waals surface area contributed by atoms with Crippen molar-refractivity contribution in [1.29, 1.82) is 5.26 Å². The summed E-state index contributed by atoms with van der Waals surface area (Å²) >= 11 is 3.49. The Morgan fingerprint density at radius 3 is 2.89 bits per heavy atom. The van der Waals surface area contributed by atoms with Gasteiger partial charge in [0, 0.05) is 37.0 Å². The monoisotopic (exact) mass is 429 g/mol. The summed E-state index contributed by atoms with van der Waals surface area (Å²) in [5.74, 6) is 1.35. The van der Waals surface area contributed by atoms with Crippen molar-refractivity contribution in [2.45, 2.75) is 19.8 Å². The van der Waals surface area contributed by atoms with Crippen LogP contribution in [0.5, 0.6) is 5.75 Å². The van der Waals surface area contributed by atoms with Gasteiger partial charge in [-0.15, -0.1) is 0 Å². The molecule has 2 heterocycles. The molecule has 7 heteroatoms. The van der Waals surface area contributed by atoms with E-state index >= 15 is 0 Å². The molecule has 2 aromatic rings. The minimum Gasteiger partial charge on any atom is -0.494 e. The minimum atomic E-state index is -0.499. The van der Waals surface area contributed by atoms with Crippen molar-refractivity contribution in [2.75, 3.05) is 29.9 Å². The Balaban J connectivity index is 1.76. The summed E-state index contributed by atoms with van der Waals surface area (Å²) < 4.78 is 12.1. The molecule has 0 bridgehead atoms. The van der Waals surface area contributed by atoms with E-state index in [4.69, 9.17) is 9.15 Å². The van der Waals surface area contributed by atoms with Gasteiger partial charge in [-0.2, -0.15) is 5.26 Å². The van der Waals surface area contributed by atoms with E-state index in [2.05, 4.69) is 26.1 Å². The van der Waals surface area contributed by atoms with Gasteiger partial charge in [0.2, 0.25) is 5.88 Å². The number of carbonyl (C=O) groups is 1. The van der Waals surface area contributed by atoms with E-state index in [1.165, 1.54) is 6.08 Å². The molecule has 1 aliphatic heterocycles. The Labute approximate surface area is 166 Å². The lowest BCUT2D eigenvalue weighted by molar-refractivity contribution is -0.112. The number of hydrogen-bond acceptors (Lipinski definition) is 5. The molecule has 1 amide bonds. The molecule has 6 nitrogen and oxygen atoms in total. The van der Waals surface area contributed by atoms with E-state index in [1.807, 2.05) is 13.0 Å². The molecule has 1 saturated heterocycles. The van der Waals surface area contributed by atoms with Gasteiger partial charge in [0.25, 0.3) is 5.91 Å². The number of nitrogens with one attached hydrogen (secondary N) is 1. The molecule has 27 heavy (non-hydrogen) atoms. The van der Waals surface area contributed by atoms with Crippen molar-refractivity contribution in [2.24, 2.45) is 0 Å². The van der Waals surface area contributed by atoms with Gasteiger partial charge < -0.3 is 19.4 Å². The minimum absolute atomic E-state index is 0.0361. The number of nitrogens with zero attached hydrogens (tertiary/aromatic N) is 2. The predicted octanol–water partition coefficient (Wildman–Crippen LogP) is 4.59. The molecule has 0 saturated carbocycles. The third-order valence-corrected chi connectivity index (χ3v) is 4.70. The van der Waals surface area contributed by atoms with Crippen LogP contribution < -0.4 is 15.0 Å². The molecule has 1 aromatic heterocycles. The molecule has 0 unspecified atom stereocenters. The number of hydrogen-bond donors (Lipinski definition) is 1. The summed E-state index contributed by atoms with van der Waals surface area (Å²) in [4.78, 5) is 14.6. The molecule has 0 aliphatic carbocycles. The van der Waals surface area contributed by atoms with Crippen molar-refractivity contribution in [3.63, 3.8) is 0 Å². The van der Waals surface area contributed by atoms with Gasteiger partial charge >= 0.3 is 0 Å². The van der Waals surface area contributed by atoms with E-state index in [0.717, 1.165) is 36.3 Å². The first-order valence-corrected chi connectivity index (χ1v) is 9.60. The van der Waals surface area contributed by atoms with Crippen LogP contribution in [0, 0.1) is 11.3 Å². The van der Waals surface area contributed by atoms with Gasteiger partial charge in [-0.25, -0.2) is 0 Å². The smallest absolute Gasteiger partial charge is 0.266 e. The van der Waals surface area contributed by atoms with Crippen molar-refractivity contribution >= 4 is 39.5 Å². The number of furan rings is 1. The lowest BCUT2D eigenvalue weighted by Gasteiger charge is -2.13. The van der Waals surface area contributed by atoms with Gasteiger partial charge in [-0.3, -0.25) is 4.79 Å². The maximum absolute atomic E-state index is 12.5. The number of halogens is 1. The lowest BCUT2D eigenvalue weighted by atomic mass is 10.2.